The molecule has 2 rings (SSSR count). The van der Waals surface area contributed by atoms with E-state index in [1.807, 2.05) is 57.2 Å². The predicted octanol–water partition coefficient (Wildman–Crippen LogP) is 2.82. The van der Waals surface area contributed by atoms with Gasteiger partial charge in [0, 0.05) is 24.8 Å². The Hall–Kier alpha value is -2.33. The first kappa shape index (κ1) is 19.0. The average Bonchev–Trinajstić information content (AvgIpc) is 2.58. The number of nitrogen functional groups attached to an aromatic ring is 1. The van der Waals surface area contributed by atoms with Crippen LogP contribution in [-0.4, -0.2) is 24.2 Å². The first-order valence-corrected chi connectivity index (χ1v) is 8.63. The van der Waals surface area contributed by atoms with Gasteiger partial charge in [-0.3, -0.25) is 4.79 Å². The van der Waals surface area contributed by atoms with E-state index in [2.05, 4.69) is 11.4 Å². The largest absolute Gasteiger partial charge is 0.399 e. The van der Waals surface area contributed by atoms with Gasteiger partial charge in [0.1, 0.15) is 0 Å². The van der Waals surface area contributed by atoms with E-state index >= 15 is 0 Å². The second-order valence-corrected chi connectivity index (χ2v) is 7.20. The van der Waals surface area contributed by atoms with Crippen LogP contribution in [0.15, 0.2) is 48.5 Å². The number of hydrogen-bond donors (Lipinski definition) is 3. The highest BCUT2D eigenvalue weighted by Crippen LogP contribution is 2.25. The first-order chi connectivity index (χ1) is 11.8. The van der Waals surface area contributed by atoms with Crippen LogP contribution < -0.4 is 11.1 Å². The highest BCUT2D eigenvalue weighted by molar-refractivity contribution is 5.87. The summed E-state index contributed by atoms with van der Waals surface area (Å²) in [5, 5.41) is 12.6. The minimum atomic E-state index is -0.682. The van der Waals surface area contributed by atoms with Crippen LogP contribution in [0.3, 0.4) is 0 Å². The lowest BCUT2D eigenvalue weighted by atomic mass is 9.83. The van der Waals surface area contributed by atoms with Crippen molar-refractivity contribution in [2.24, 2.45) is 5.92 Å². The normalized spacial score (nSPS) is 12.6. The minimum Gasteiger partial charge on any atom is -0.399 e. The number of aryl methyl sites for hydroxylation is 1. The van der Waals surface area contributed by atoms with Crippen LogP contribution in [0.5, 0.6) is 0 Å². The summed E-state index contributed by atoms with van der Waals surface area (Å²) >= 11 is 0. The monoisotopic (exact) mass is 340 g/mol. The number of anilines is 1. The zero-order valence-electron chi connectivity index (χ0n) is 15.3. The number of carbonyl (C=O) groups is 1. The van der Waals surface area contributed by atoms with E-state index in [-0.39, 0.29) is 18.4 Å². The van der Waals surface area contributed by atoms with Crippen molar-refractivity contribution in [3.8, 4) is 0 Å². The third-order valence-corrected chi connectivity index (χ3v) is 4.59. The number of aliphatic hydroxyl groups excluding tert-OH is 1. The molecular weight excluding hydrogens is 312 g/mol. The Bertz CT molecular complexity index is 725. The van der Waals surface area contributed by atoms with Gasteiger partial charge in [-0.05, 0) is 50.5 Å². The van der Waals surface area contributed by atoms with Gasteiger partial charge in [-0.25, -0.2) is 0 Å². The fourth-order valence-corrected chi connectivity index (χ4v) is 2.89. The summed E-state index contributed by atoms with van der Waals surface area (Å²) in [6.07, 6.45) is 0.733. The zero-order chi connectivity index (χ0) is 18.4. The first-order valence-electron chi connectivity index (χ1n) is 8.63. The fraction of sp³-hybridized carbons (Fsp3) is 0.381. The van der Waals surface area contributed by atoms with Crippen molar-refractivity contribution in [3.05, 3.63) is 65.2 Å². The van der Waals surface area contributed by atoms with Gasteiger partial charge in [0.2, 0.25) is 5.91 Å². The Morgan fingerprint density at radius 3 is 2.56 bits per heavy atom. The topological polar surface area (TPSA) is 75.3 Å². The highest BCUT2D eigenvalue weighted by Gasteiger charge is 2.30. The summed E-state index contributed by atoms with van der Waals surface area (Å²) in [5.41, 5.74) is 9.04. The lowest BCUT2D eigenvalue weighted by Crippen LogP contribution is -2.42. The Labute approximate surface area is 150 Å². The molecule has 2 aromatic carbocycles. The van der Waals surface area contributed by atoms with Gasteiger partial charge < -0.3 is 16.2 Å². The van der Waals surface area contributed by atoms with E-state index in [0.717, 1.165) is 12.0 Å². The zero-order valence-corrected chi connectivity index (χ0v) is 15.3. The van der Waals surface area contributed by atoms with Crippen LogP contribution in [0.4, 0.5) is 5.69 Å². The molecule has 0 aliphatic heterocycles. The number of nitrogens with one attached hydrogen (secondary N) is 1. The number of amides is 1. The molecule has 0 fully saturated rings. The van der Waals surface area contributed by atoms with Crippen LogP contribution in [0.25, 0.3) is 0 Å². The SMILES string of the molecule is Cc1cccc(CC(CO)CNC(=O)C(C)(C)c2cccc(N)c2)c1. The van der Waals surface area contributed by atoms with Gasteiger partial charge in [0.15, 0.2) is 0 Å². The number of carbonyl (C=O) groups excluding carboxylic acids is 1. The molecule has 25 heavy (non-hydrogen) atoms. The van der Waals surface area contributed by atoms with Crippen molar-refractivity contribution in [1.82, 2.24) is 5.32 Å². The number of rotatable bonds is 7. The maximum Gasteiger partial charge on any atom is 0.230 e. The summed E-state index contributed by atoms with van der Waals surface area (Å²) in [5.74, 6) is -0.0804. The quantitative estimate of drug-likeness (QED) is 0.679. The maximum atomic E-state index is 12.7. The van der Waals surface area contributed by atoms with Gasteiger partial charge in [-0.2, -0.15) is 0 Å². The summed E-state index contributed by atoms with van der Waals surface area (Å²) in [6, 6.07) is 15.6. The van der Waals surface area contributed by atoms with Gasteiger partial charge >= 0.3 is 0 Å². The molecule has 0 saturated heterocycles. The van der Waals surface area contributed by atoms with Crippen molar-refractivity contribution < 1.29 is 9.90 Å². The molecule has 0 aliphatic carbocycles. The van der Waals surface area contributed by atoms with Crippen LogP contribution in [-0.2, 0) is 16.6 Å². The second kappa shape index (κ2) is 8.17. The standard InChI is InChI=1S/C21H28N2O2/c1-15-6-4-7-16(10-15)11-17(14-24)13-23-20(25)21(2,3)18-8-5-9-19(22)12-18/h4-10,12,17,24H,11,13-14,22H2,1-3H3,(H,23,25). The van der Waals surface area contributed by atoms with E-state index in [0.29, 0.717) is 12.2 Å². The highest BCUT2D eigenvalue weighted by atomic mass is 16.3. The van der Waals surface area contributed by atoms with Gasteiger partial charge in [-0.15, -0.1) is 0 Å². The molecule has 2 aromatic rings. The maximum absolute atomic E-state index is 12.7. The average molecular weight is 340 g/mol. The molecule has 0 aromatic heterocycles. The number of aliphatic hydroxyl groups is 1. The molecule has 0 bridgehead atoms. The van der Waals surface area contributed by atoms with Crippen LogP contribution >= 0.6 is 0 Å². The van der Waals surface area contributed by atoms with E-state index in [1.54, 1.807) is 6.07 Å². The lowest BCUT2D eigenvalue weighted by Gasteiger charge is -2.26. The summed E-state index contributed by atoms with van der Waals surface area (Å²) in [4.78, 5) is 12.7. The third-order valence-electron chi connectivity index (χ3n) is 4.59. The Morgan fingerprint density at radius 2 is 1.92 bits per heavy atom. The van der Waals surface area contributed by atoms with Crippen molar-refractivity contribution in [3.63, 3.8) is 0 Å². The van der Waals surface area contributed by atoms with E-state index in [1.165, 1.54) is 11.1 Å². The number of benzene rings is 2. The third kappa shape index (κ3) is 5.07. The van der Waals surface area contributed by atoms with E-state index in [4.69, 9.17) is 5.73 Å². The Morgan fingerprint density at radius 1 is 1.20 bits per heavy atom. The van der Waals surface area contributed by atoms with Crippen LogP contribution in [0.1, 0.15) is 30.5 Å². The smallest absolute Gasteiger partial charge is 0.230 e. The van der Waals surface area contributed by atoms with Crippen LogP contribution in [0.2, 0.25) is 0 Å². The van der Waals surface area contributed by atoms with Crippen molar-refractivity contribution in [2.45, 2.75) is 32.6 Å². The van der Waals surface area contributed by atoms with Gasteiger partial charge in [0.25, 0.3) is 0 Å². The van der Waals surface area contributed by atoms with Gasteiger partial charge in [0.05, 0.1) is 5.41 Å². The van der Waals surface area contributed by atoms with Crippen molar-refractivity contribution >= 4 is 11.6 Å². The summed E-state index contributed by atoms with van der Waals surface area (Å²) < 4.78 is 0. The molecule has 0 heterocycles. The molecule has 0 spiro atoms. The Balaban J connectivity index is 1.99. The molecular formula is C21H28N2O2. The molecule has 0 radical (unpaired) electrons. The number of nitrogens with two attached hydrogens (primary N) is 1. The molecule has 1 atom stereocenters. The molecule has 4 N–H and O–H groups in total. The second-order valence-electron chi connectivity index (χ2n) is 7.20. The molecule has 4 nitrogen and oxygen atoms in total. The van der Waals surface area contributed by atoms with E-state index < -0.39 is 5.41 Å². The molecule has 0 saturated carbocycles. The summed E-state index contributed by atoms with van der Waals surface area (Å²) in [6.45, 7) is 6.28. The molecule has 1 unspecified atom stereocenters. The molecule has 1 amide bonds. The van der Waals surface area contributed by atoms with E-state index in [9.17, 15) is 9.90 Å². The lowest BCUT2D eigenvalue weighted by molar-refractivity contribution is -0.125. The van der Waals surface area contributed by atoms with Gasteiger partial charge in [-0.1, -0.05) is 42.0 Å². The van der Waals surface area contributed by atoms with Crippen molar-refractivity contribution in [1.29, 1.82) is 0 Å². The fourth-order valence-electron chi connectivity index (χ4n) is 2.89. The van der Waals surface area contributed by atoms with Crippen molar-refractivity contribution in [2.75, 3.05) is 18.9 Å². The minimum absolute atomic E-state index is 0.0117. The summed E-state index contributed by atoms with van der Waals surface area (Å²) in [7, 11) is 0. The molecule has 0 aliphatic rings. The van der Waals surface area contributed by atoms with Crippen LogP contribution in [0, 0.1) is 12.8 Å². The number of hydrogen-bond acceptors (Lipinski definition) is 3. The molecule has 134 valence electrons. The molecule has 4 heteroatoms. The Kier molecular flexibility index (Phi) is 6.21. The predicted molar refractivity (Wildman–Crippen MR) is 102 cm³/mol.